The van der Waals surface area contributed by atoms with Gasteiger partial charge in [0, 0.05) is 12.0 Å². The van der Waals surface area contributed by atoms with E-state index in [-0.39, 0.29) is 12.2 Å². The van der Waals surface area contributed by atoms with E-state index in [9.17, 15) is 0 Å². The van der Waals surface area contributed by atoms with Gasteiger partial charge in [-0.2, -0.15) is 0 Å². The van der Waals surface area contributed by atoms with Gasteiger partial charge >= 0.3 is 0 Å². The quantitative estimate of drug-likeness (QED) is 0.688. The fraction of sp³-hybridized carbons (Fsp3) is 0.304. The molecule has 5 heteroatoms. The van der Waals surface area contributed by atoms with Crippen molar-refractivity contribution < 1.29 is 0 Å². The van der Waals surface area contributed by atoms with Crippen LogP contribution in [0.25, 0.3) is 11.1 Å². The average molecular weight is 369 g/mol. The molecule has 5 nitrogen and oxygen atoms in total. The fourth-order valence-electron chi connectivity index (χ4n) is 4.54. The van der Waals surface area contributed by atoms with Crippen molar-refractivity contribution >= 4 is 5.71 Å². The molecule has 1 aliphatic carbocycles. The molecule has 1 aliphatic heterocycles. The highest BCUT2D eigenvalue weighted by Crippen LogP contribution is 2.46. The Balaban J connectivity index is 1.71. The van der Waals surface area contributed by atoms with Gasteiger partial charge in [0.1, 0.15) is 23.6 Å². The van der Waals surface area contributed by atoms with Crippen LogP contribution in [0.5, 0.6) is 0 Å². The molecular weight excluding hydrogens is 346 g/mol. The first-order valence-electron chi connectivity index (χ1n) is 9.72. The van der Waals surface area contributed by atoms with Crippen molar-refractivity contribution in [2.75, 3.05) is 7.05 Å². The number of nitrogens with zero attached hydrogens (tertiary/aromatic N) is 5. The second-order valence-corrected chi connectivity index (χ2v) is 7.66. The van der Waals surface area contributed by atoms with Crippen molar-refractivity contribution in [3.8, 4) is 11.1 Å². The standard InChI is InChI=1S/C23H23N5/c1-13-24-14(2)26-20(25-13)12-16-8-7-11-19-21(16)17-9-5-6-10-18(17)22-23(19)28(4)15(3)27-22/h5-11,15,23H,12H2,1-4H3. The van der Waals surface area contributed by atoms with Crippen LogP contribution >= 0.6 is 0 Å². The second-order valence-electron chi connectivity index (χ2n) is 7.66. The molecule has 2 atom stereocenters. The van der Waals surface area contributed by atoms with Gasteiger partial charge < -0.3 is 0 Å². The zero-order chi connectivity index (χ0) is 19.4. The number of aromatic nitrogens is 3. The average Bonchev–Trinajstić information content (AvgIpc) is 2.96. The van der Waals surface area contributed by atoms with Crippen LogP contribution in [0.4, 0.5) is 0 Å². The van der Waals surface area contributed by atoms with Crippen LogP contribution in [-0.4, -0.2) is 38.8 Å². The predicted molar refractivity (Wildman–Crippen MR) is 110 cm³/mol. The molecule has 0 saturated carbocycles. The lowest BCUT2D eigenvalue weighted by Gasteiger charge is -2.32. The van der Waals surface area contributed by atoms with Crippen molar-refractivity contribution in [3.63, 3.8) is 0 Å². The number of aryl methyl sites for hydroxylation is 2. The van der Waals surface area contributed by atoms with Crippen LogP contribution in [0.2, 0.25) is 0 Å². The Morgan fingerprint density at radius 3 is 2.36 bits per heavy atom. The Hall–Kier alpha value is -2.92. The molecule has 3 aromatic rings. The minimum atomic E-state index is 0.177. The van der Waals surface area contributed by atoms with Gasteiger partial charge in [0.15, 0.2) is 0 Å². The molecule has 5 rings (SSSR count). The van der Waals surface area contributed by atoms with Crippen molar-refractivity contribution in [2.45, 2.75) is 39.4 Å². The molecule has 0 N–H and O–H groups in total. The summed E-state index contributed by atoms with van der Waals surface area (Å²) in [5.41, 5.74) is 7.56. The number of hydrogen-bond donors (Lipinski definition) is 0. The Morgan fingerprint density at radius 2 is 1.61 bits per heavy atom. The summed E-state index contributed by atoms with van der Waals surface area (Å²) in [7, 11) is 2.16. The fourth-order valence-corrected chi connectivity index (χ4v) is 4.54. The van der Waals surface area contributed by atoms with Crippen LogP contribution in [0.15, 0.2) is 47.5 Å². The summed E-state index contributed by atoms with van der Waals surface area (Å²) in [5.74, 6) is 2.36. The summed E-state index contributed by atoms with van der Waals surface area (Å²) in [6.07, 6.45) is 0.872. The van der Waals surface area contributed by atoms with Gasteiger partial charge in [-0.3, -0.25) is 9.89 Å². The van der Waals surface area contributed by atoms with Crippen LogP contribution in [0.3, 0.4) is 0 Å². The lowest BCUT2D eigenvalue weighted by atomic mass is 9.78. The molecule has 0 fully saturated rings. The first-order chi connectivity index (χ1) is 13.5. The topological polar surface area (TPSA) is 54.3 Å². The zero-order valence-corrected chi connectivity index (χ0v) is 16.6. The summed E-state index contributed by atoms with van der Waals surface area (Å²) >= 11 is 0. The molecule has 0 amide bonds. The summed E-state index contributed by atoms with van der Waals surface area (Å²) in [6.45, 7) is 6.00. The summed E-state index contributed by atoms with van der Waals surface area (Å²) in [6, 6.07) is 15.4. The van der Waals surface area contributed by atoms with Gasteiger partial charge in [-0.05, 0) is 50.1 Å². The molecule has 0 spiro atoms. The smallest absolute Gasteiger partial charge is 0.136 e. The highest BCUT2D eigenvalue weighted by molar-refractivity contribution is 6.14. The van der Waals surface area contributed by atoms with Crippen LogP contribution in [-0.2, 0) is 6.42 Å². The Bertz CT molecular complexity index is 1100. The van der Waals surface area contributed by atoms with Gasteiger partial charge in [-0.1, -0.05) is 42.5 Å². The van der Waals surface area contributed by atoms with Gasteiger partial charge in [0.05, 0.1) is 11.8 Å². The number of aliphatic imine (C=N–C) groups is 1. The lowest BCUT2D eigenvalue weighted by Crippen LogP contribution is -2.31. The maximum absolute atomic E-state index is 4.98. The van der Waals surface area contributed by atoms with Gasteiger partial charge in [0.2, 0.25) is 0 Å². The van der Waals surface area contributed by atoms with E-state index >= 15 is 0 Å². The highest BCUT2D eigenvalue weighted by Gasteiger charge is 2.39. The maximum Gasteiger partial charge on any atom is 0.136 e. The molecule has 2 heterocycles. The normalized spacial score (nSPS) is 20.4. The molecule has 0 bridgehead atoms. The molecule has 0 radical (unpaired) electrons. The number of benzene rings is 2. The van der Waals surface area contributed by atoms with E-state index in [1.807, 2.05) is 13.8 Å². The summed E-state index contributed by atoms with van der Waals surface area (Å²) in [5, 5.41) is 0. The monoisotopic (exact) mass is 369 g/mol. The number of fused-ring (bicyclic) bond motifs is 6. The minimum Gasteiger partial charge on any atom is -0.272 e. The molecule has 140 valence electrons. The largest absolute Gasteiger partial charge is 0.272 e. The van der Waals surface area contributed by atoms with Crippen molar-refractivity contribution in [3.05, 3.63) is 76.6 Å². The van der Waals surface area contributed by atoms with Crippen molar-refractivity contribution in [2.24, 2.45) is 4.99 Å². The van der Waals surface area contributed by atoms with Crippen LogP contribution in [0.1, 0.15) is 47.1 Å². The van der Waals surface area contributed by atoms with Crippen molar-refractivity contribution in [1.82, 2.24) is 19.9 Å². The number of hydrogen-bond acceptors (Lipinski definition) is 5. The molecule has 2 unspecified atom stereocenters. The van der Waals surface area contributed by atoms with Crippen LogP contribution < -0.4 is 0 Å². The van der Waals surface area contributed by atoms with E-state index in [1.165, 1.54) is 33.5 Å². The Morgan fingerprint density at radius 1 is 0.893 bits per heavy atom. The van der Waals surface area contributed by atoms with Gasteiger partial charge in [-0.25, -0.2) is 15.0 Å². The van der Waals surface area contributed by atoms with E-state index in [1.54, 1.807) is 0 Å². The van der Waals surface area contributed by atoms with Gasteiger partial charge in [0.25, 0.3) is 0 Å². The first kappa shape index (κ1) is 17.2. The van der Waals surface area contributed by atoms with Gasteiger partial charge in [-0.15, -0.1) is 0 Å². The molecule has 28 heavy (non-hydrogen) atoms. The van der Waals surface area contributed by atoms with E-state index in [0.29, 0.717) is 6.42 Å². The molecule has 1 aromatic heterocycles. The summed E-state index contributed by atoms with van der Waals surface area (Å²) < 4.78 is 0. The third-order valence-electron chi connectivity index (χ3n) is 5.79. The van der Waals surface area contributed by atoms with Crippen molar-refractivity contribution in [1.29, 1.82) is 0 Å². The predicted octanol–water partition coefficient (Wildman–Crippen LogP) is 3.88. The zero-order valence-electron chi connectivity index (χ0n) is 16.6. The van der Waals surface area contributed by atoms with Crippen LogP contribution in [0, 0.1) is 13.8 Å². The molecule has 2 aliphatic rings. The van der Waals surface area contributed by atoms with E-state index in [0.717, 1.165) is 17.5 Å². The van der Waals surface area contributed by atoms with E-state index < -0.39 is 0 Å². The maximum atomic E-state index is 4.98. The highest BCUT2D eigenvalue weighted by atomic mass is 15.3. The number of rotatable bonds is 2. The van der Waals surface area contributed by atoms with E-state index in [2.05, 4.69) is 76.3 Å². The van der Waals surface area contributed by atoms with E-state index in [4.69, 9.17) is 4.99 Å². The molecule has 2 aromatic carbocycles. The molecular formula is C23H23N5. The number of likely N-dealkylation sites (N-methyl/N-ethyl adjacent to an activating group) is 1. The Labute approximate surface area is 165 Å². The Kier molecular flexibility index (Phi) is 3.88. The SMILES string of the molecule is Cc1nc(C)nc(Cc2cccc3c2-c2ccccc2C2=NC(C)N(C)C23)n1. The lowest BCUT2D eigenvalue weighted by molar-refractivity contribution is 0.263. The first-order valence-corrected chi connectivity index (χ1v) is 9.72. The molecule has 0 saturated heterocycles. The second kappa shape index (κ2) is 6.31. The summed E-state index contributed by atoms with van der Waals surface area (Å²) in [4.78, 5) is 20.8. The third kappa shape index (κ3) is 2.58. The third-order valence-corrected chi connectivity index (χ3v) is 5.79. The minimum absolute atomic E-state index is 0.177.